The normalized spacial score (nSPS) is 13.1. The summed E-state index contributed by atoms with van der Waals surface area (Å²) in [5.41, 5.74) is 0.885. The van der Waals surface area contributed by atoms with Crippen LogP contribution in [0, 0.1) is 11.1 Å². The molecule has 228 valence electrons. The van der Waals surface area contributed by atoms with E-state index in [4.69, 9.17) is 9.47 Å². The van der Waals surface area contributed by atoms with Gasteiger partial charge in [-0.3, -0.25) is 4.79 Å². The summed E-state index contributed by atoms with van der Waals surface area (Å²) >= 11 is 3.40. The fraction of sp³-hybridized carbons (Fsp3) is 0.618. The van der Waals surface area contributed by atoms with Gasteiger partial charge in [-0.1, -0.05) is 131 Å². The van der Waals surface area contributed by atoms with Crippen molar-refractivity contribution in [1.82, 2.24) is 0 Å². The number of halogens is 1. The zero-order valence-corrected chi connectivity index (χ0v) is 27.1. The van der Waals surface area contributed by atoms with E-state index < -0.39 is 0 Å². The number of rotatable bonds is 22. The van der Waals surface area contributed by atoms with E-state index in [1.807, 2.05) is 13.8 Å². The number of alkyl halides is 1. The van der Waals surface area contributed by atoms with Crippen LogP contribution in [0.4, 0.5) is 11.4 Å². The number of carbonyl (C=O) groups excluding carboxylic acids is 1. The molecule has 0 fully saturated rings. The van der Waals surface area contributed by atoms with E-state index >= 15 is 0 Å². The van der Waals surface area contributed by atoms with Crippen LogP contribution in [0.1, 0.15) is 117 Å². The lowest BCUT2D eigenvalue weighted by atomic mass is 10.0. The van der Waals surface area contributed by atoms with E-state index in [1.54, 1.807) is 48.5 Å². The maximum absolute atomic E-state index is 12.5. The van der Waals surface area contributed by atoms with Crippen molar-refractivity contribution in [2.45, 2.75) is 122 Å². The molecule has 0 saturated heterocycles. The predicted octanol–water partition coefficient (Wildman–Crippen LogP) is 11.2. The van der Waals surface area contributed by atoms with Crippen LogP contribution in [0.5, 0.6) is 11.5 Å². The first-order valence-corrected chi connectivity index (χ1v) is 16.7. The van der Waals surface area contributed by atoms with Gasteiger partial charge in [0.2, 0.25) is 5.69 Å². The zero-order chi connectivity index (χ0) is 29.7. The molecule has 0 heterocycles. The lowest BCUT2D eigenvalue weighted by molar-refractivity contribution is -0.435. The van der Waals surface area contributed by atoms with E-state index in [1.165, 1.54) is 83.5 Å². The van der Waals surface area contributed by atoms with Gasteiger partial charge in [-0.05, 0) is 48.7 Å². The SMILES string of the molecule is CCCCCCCCCCCCCCCCOc1ccc([N+]([O-])=Nc2ccc(OC(=O)[C@@H](Br)[C@@H](C)CC)cc2)cc1. The largest absolute Gasteiger partial charge is 0.594 e. The van der Waals surface area contributed by atoms with Crippen LogP contribution < -0.4 is 9.47 Å². The first-order valence-electron chi connectivity index (χ1n) is 15.8. The molecule has 0 unspecified atom stereocenters. The minimum atomic E-state index is -0.361. The lowest BCUT2D eigenvalue weighted by Gasteiger charge is -2.15. The number of benzene rings is 2. The Labute approximate surface area is 256 Å². The average molecular weight is 632 g/mol. The minimum absolute atomic E-state index is 0.173. The molecule has 2 aromatic rings. The quantitative estimate of drug-likeness (QED) is 0.0246. The minimum Gasteiger partial charge on any atom is -0.594 e. The maximum Gasteiger partial charge on any atom is 0.325 e. The second-order valence-corrected chi connectivity index (χ2v) is 12.0. The third-order valence-corrected chi connectivity index (χ3v) is 8.73. The Hall–Kier alpha value is -2.41. The van der Waals surface area contributed by atoms with Gasteiger partial charge in [0.05, 0.1) is 6.61 Å². The van der Waals surface area contributed by atoms with Gasteiger partial charge < -0.3 is 14.7 Å². The van der Waals surface area contributed by atoms with E-state index in [-0.39, 0.29) is 16.7 Å². The van der Waals surface area contributed by atoms with Crippen molar-refractivity contribution in [3.8, 4) is 11.5 Å². The van der Waals surface area contributed by atoms with E-state index in [2.05, 4.69) is 28.0 Å². The molecule has 2 aromatic carbocycles. The standard InChI is InChI=1S/C34H51BrN2O4/c1-4-6-7-8-9-10-11-12-13-14-15-16-17-18-27-40-31-25-21-30(22-26-31)37(39)36-29-19-23-32(24-20-29)41-34(38)33(35)28(3)5-2/h19-26,28,33H,4-18,27H2,1-3H3/t28-,33-/m0/s1. The molecule has 7 heteroatoms. The summed E-state index contributed by atoms with van der Waals surface area (Å²) in [7, 11) is 0. The van der Waals surface area contributed by atoms with Crippen molar-refractivity contribution in [3.05, 3.63) is 53.7 Å². The highest BCUT2D eigenvalue weighted by atomic mass is 79.9. The second kappa shape index (κ2) is 21.3. The molecule has 0 spiro atoms. The number of nitrogens with zero attached hydrogens (tertiary/aromatic N) is 2. The monoisotopic (exact) mass is 630 g/mol. The summed E-state index contributed by atoms with van der Waals surface area (Å²) in [6, 6.07) is 13.6. The van der Waals surface area contributed by atoms with Crippen LogP contribution in [0.25, 0.3) is 0 Å². The van der Waals surface area contributed by atoms with E-state index in [0.717, 1.165) is 18.6 Å². The van der Waals surface area contributed by atoms with Crippen LogP contribution in [0.15, 0.2) is 53.6 Å². The maximum atomic E-state index is 12.5. The summed E-state index contributed by atoms with van der Waals surface area (Å²) in [4.78, 5) is 12.4. The highest BCUT2D eigenvalue weighted by molar-refractivity contribution is 9.10. The topological polar surface area (TPSA) is 74.0 Å². The fourth-order valence-corrected chi connectivity index (χ4v) is 4.98. The van der Waals surface area contributed by atoms with Crippen LogP contribution in [-0.2, 0) is 4.79 Å². The molecule has 0 radical (unpaired) electrons. The zero-order valence-electron chi connectivity index (χ0n) is 25.5. The fourth-order valence-electron chi connectivity index (χ4n) is 4.51. The summed E-state index contributed by atoms with van der Waals surface area (Å²) in [5, 5.41) is 16.6. The molecule has 2 atom stereocenters. The van der Waals surface area contributed by atoms with Gasteiger partial charge in [0.15, 0.2) is 0 Å². The average Bonchev–Trinajstić information content (AvgIpc) is 2.99. The molecule has 0 amide bonds. The van der Waals surface area contributed by atoms with Gasteiger partial charge in [-0.25, -0.2) is 0 Å². The third kappa shape index (κ3) is 14.9. The molecule has 6 nitrogen and oxygen atoms in total. The van der Waals surface area contributed by atoms with Crippen molar-refractivity contribution >= 4 is 33.3 Å². The van der Waals surface area contributed by atoms with Gasteiger partial charge >= 0.3 is 5.97 Å². The molecule has 0 aliphatic rings. The number of azo groups is 1. The van der Waals surface area contributed by atoms with Gasteiger partial charge in [0, 0.05) is 17.2 Å². The second-order valence-electron chi connectivity index (χ2n) is 11.0. The Morgan fingerprint density at radius 1 is 0.780 bits per heavy atom. The molecular weight excluding hydrogens is 580 g/mol. The summed E-state index contributed by atoms with van der Waals surface area (Å²) in [6.45, 7) is 6.98. The highest BCUT2D eigenvalue weighted by Gasteiger charge is 2.22. The van der Waals surface area contributed by atoms with Crippen LogP contribution >= 0.6 is 15.9 Å². The first-order chi connectivity index (χ1) is 19.9. The third-order valence-electron chi connectivity index (χ3n) is 7.45. The van der Waals surface area contributed by atoms with Gasteiger partial charge in [-0.2, -0.15) is 0 Å². The van der Waals surface area contributed by atoms with Gasteiger partial charge in [-0.15, -0.1) is 0 Å². The molecule has 0 bridgehead atoms. The number of carbonyl (C=O) groups is 1. The number of hydrogen-bond donors (Lipinski definition) is 0. The van der Waals surface area contributed by atoms with Gasteiger partial charge in [0.1, 0.15) is 22.0 Å². The molecule has 0 N–H and O–H groups in total. The molecule has 0 aromatic heterocycles. The Bertz CT molecular complexity index is 995. The van der Waals surface area contributed by atoms with Crippen LogP contribution in [0.2, 0.25) is 0 Å². The van der Waals surface area contributed by atoms with Crippen molar-refractivity contribution in [2.24, 2.45) is 11.0 Å². The number of hydrogen-bond acceptors (Lipinski definition) is 5. The van der Waals surface area contributed by atoms with Gasteiger partial charge in [0.25, 0.3) is 0 Å². The van der Waals surface area contributed by atoms with Crippen molar-refractivity contribution in [3.63, 3.8) is 0 Å². The van der Waals surface area contributed by atoms with Crippen molar-refractivity contribution in [1.29, 1.82) is 0 Å². The molecule has 2 rings (SSSR count). The molecule has 0 aliphatic carbocycles. The lowest BCUT2D eigenvalue weighted by Crippen LogP contribution is -2.26. The molecular formula is C34H51BrN2O4. The molecule has 0 saturated carbocycles. The Kier molecular flexibility index (Phi) is 18.1. The van der Waals surface area contributed by atoms with Crippen molar-refractivity contribution < 1.29 is 19.1 Å². The highest BCUT2D eigenvalue weighted by Crippen LogP contribution is 2.24. The number of ether oxygens (including phenoxy) is 2. The Balaban J connectivity index is 1.60. The Morgan fingerprint density at radius 2 is 1.27 bits per heavy atom. The van der Waals surface area contributed by atoms with E-state index in [9.17, 15) is 10.0 Å². The summed E-state index contributed by atoms with van der Waals surface area (Å²) in [6.07, 6.45) is 19.6. The van der Waals surface area contributed by atoms with Crippen LogP contribution in [0.3, 0.4) is 0 Å². The number of esters is 1. The van der Waals surface area contributed by atoms with E-state index in [0.29, 0.717) is 28.6 Å². The summed E-state index contributed by atoms with van der Waals surface area (Å²) in [5.74, 6) is 1.01. The summed E-state index contributed by atoms with van der Waals surface area (Å²) < 4.78 is 11.3. The molecule has 0 aliphatic heterocycles. The smallest absolute Gasteiger partial charge is 0.325 e. The van der Waals surface area contributed by atoms with Crippen molar-refractivity contribution in [2.75, 3.05) is 6.61 Å². The van der Waals surface area contributed by atoms with Crippen LogP contribution in [-0.4, -0.2) is 22.3 Å². The Morgan fingerprint density at radius 3 is 1.78 bits per heavy atom. The first kappa shape index (κ1) is 34.8. The predicted molar refractivity (Wildman–Crippen MR) is 172 cm³/mol. The molecule has 41 heavy (non-hydrogen) atoms. The number of unbranched alkanes of at least 4 members (excludes halogenated alkanes) is 13.